The molecule has 2 amide bonds. The summed E-state index contributed by atoms with van der Waals surface area (Å²) in [5.74, 6) is -1.67. The van der Waals surface area contributed by atoms with Crippen molar-refractivity contribution < 1.29 is 9.59 Å². The van der Waals surface area contributed by atoms with Gasteiger partial charge in [-0.25, -0.2) is 5.43 Å². The molecule has 6 nitrogen and oxygen atoms in total. The van der Waals surface area contributed by atoms with Gasteiger partial charge in [-0.3, -0.25) is 14.6 Å². The highest BCUT2D eigenvalue weighted by Gasteiger charge is 2.13. The molecule has 0 fully saturated rings. The van der Waals surface area contributed by atoms with Crippen LogP contribution < -0.4 is 10.7 Å². The number of hydrogen-bond donors (Lipinski definition) is 2. The van der Waals surface area contributed by atoms with E-state index in [9.17, 15) is 9.59 Å². The van der Waals surface area contributed by atoms with Crippen LogP contribution in [0.25, 0.3) is 0 Å². The third-order valence-corrected chi connectivity index (χ3v) is 3.07. The van der Waals surface area contributed by atoms with Gasteiger partial charge in [-0.15, -0.1) is 0 Å². The Morgan fingerprint density at radius 3 is 2.57 bits per heavy atom. The van der Waals surface area contributed by atoms with Gasteiger partial charge in [0.2, 0.25) is 0 Å². The van der Waals surface area contributed by atoms with Crippen molar-refractivity contribution in [3.63, 3.8) is 0 Å². The third kappa shape index (κ3) is 4.50. The summed E-state index contributed by atoms with van der Waals surface area (Å²) in [6.07, 6.45) is 2.95. The summed E-state index contributed by atoms with van der Waals surface area (Å²) in [5, 5.41) is 6.14. The number of carbonyl (C=O) groups is 2. The molecule has 0 bridgehead atoms. The Labute approximate surface area is 129 Å². The molecular weight excluding hydrogens is 336 g/mol. The monoisotopic (exact) mass is 346 g/mol. The fourth-order valence-electron chi connectivity index (χ4n) is 1.40. The molecule has 0 aliphatic rings. The normalized spacial score (nSPS) is 10.3. The van der Waals surface area contributed by atoms with E-state index >= 15 is 0 Å². The fraction of sp³-hybridized carbons (Fsp3) is 0. The summed E-state index contributed by atoms with van der Waals surface area (Å²) in [4.78, 5) is 27.2. The molecule has 0 saturated carbocycles. The van der Waals surface area contributed by atoms with Gasteiger partial charge in [0, 0.05) is 10.7 Å². The molecule has 2 N–H and O–H groups in total. The van der Waals surface area contributed by atoms with Crippen molar-refractivity contribution in [1.29, 1.82) is 0 Å². The Bertz CT molecular complexity index is 674. The molecule has 2 aromatic rings. The molecule has 1 aromatic carbocycles. The zero-order chi connectivity index (χ0) is 15.1. The number of nitrogens with one attached hydrogen (secondary N) is 2. The second kappa shape index (κ2) is 7.30. The van der Waals surface area contributed by atoms with Crippen LogP contribution in [0.3, 0.4) is 0 Å². The standard InChI is InChI=1S/C14H11BrN4O2/c15-11-6-1-2-7-12(11)18-13(20)14(21)19-17-9-10-5-3-4-8-16-10/h1-9H,(H,18,20)(H,19,21)/b17-9+. The van der Waals surface area contributed by atoms with Gasteiger partial charge in [-0.2, -0.15) is 5.10 Å². The van der Waals surface area contributed by atoms with Crippen LogP contribution in [-0.2, 0) is 9.59 Å². The van der Waals surface area contributed by atoms with E-state index in [4.69, 9.17) is 0 Å². The number of aromatic nitrogens is 1. The number of hydrazone groups is 1. The number of halogens is 1. The van der Waals surface area contributed by atoms with E-state index in [1.807, 2.05) is 0 Å². The lowest BCUT2D eigenvalue weighted by Crippen LogP contribution is -2.32. The second-order valence-electron chi connectivity index (χ2n) is 3.89. The first-order valence-electron chi connectivity index (χ1n) is 5.97. The van der Waals surface area contributed by atoms with Crippen LogP contribution >= 0.6 is 15.9 Å². The van der Waals surface area contributed by atoms with Gasteiger partial charge >= 0.3 is 11.8 Å². The van der Waals surface area contributed by atoms with Crippen molar-refractivity contribution in [3.05, 3.63) is 58.8 Å². The molecule has 0 radical (unpaired) electrons. The number of benzene rings is 1. The molecule has 1 aromatic heterocycles. The van der Waals surface area contributed by atoms with Gasteiger partial charge in [0.1, 0.15) is 0 Å². The zero-order valence-corrected chi connectivity index (χ0v) is 12.4. The number of carbonyl (C=O) groups excluding carboxylic acids is 2. The van der Waals surface area contributed by atoms with Gasteiger partial charge in [-0.1, -0.05) is 18.2 Å². The van der Waals surface area contributed by atoms with E-state index < -0.39 is 11.8 Å². The van der Waals surface area contributed by atoms with E-state index in [-0.39, 0.29) is 0 Å². The fourth-order valence-corrected chi connectivity index (χ4v) is 1.79. The molecule has 0 unspecified atom stereocenters. The van der Waals surface area contributed by atoms with Gasteiger partial charge in [-0.05, 0) is 40.2 Å². The summed E-state index contributed by atoms with van der Waals surface area (Å²) in [6, 6.07) is 12.3. The average Bonchev–Trinajstić information content (AvgIpc) is 2.50. The zero-order valence-electron chi connectivity index (χ0n) is 10.8. The van der Waals surface area contributed by atoms with Crippen LogP contribution in [0, 0.1) is 0 Å². The Hall–Kier alpha value is -2.54. The van der Waals surface area contributed by atoms with Crippen LogP contribution in [0.15, 0.2) is 58.2 Å². The van der Waals surface area contributed by atoms with Crippen LogP contribution in [0.4, 0.5) is 5.69 Å². The minimum atomic E-state index is -0.863. The number of pyridine rings is 1. The van der Waals surface area contributed by atoms with E-state index in [0.29, 0.717) is 15.9 Å². The van der Waals surface area contributed by atoms with Crippen molar-refractivity contribution in [2.24, 2.45) is 5.10 Å². The van der Waals surface area contributed by atoms with Gasteiger partial charge < -0.3 is 5.32 Å². The molecule has 0 aliphatic heterocycles. The van der Waals surface area contributed by atoms with E-state index in [0.717, 1.165) is 0 Å². The largest absolute Gasteiger partial charge is 0.329 e. The molecule has 0 atom stereocenters. The molecule has 106 valence electrons. The average molecular weight is 347 g/mol. The lowest BCUT2D eigenvalue weighted by Gasteiger charge is -2.05. The minimum Gasteiger partial charge on any atom is -0.317 e. The van der Waals surface area contributed by atoms with E-state index in [1.165, 1.54) is 6.21 Å². The highest BCUT2D eigenvalue weighted by Crippen LogP contribution is 2.20. The summed E-state index contributed by atoms with van der Waals surface area (Å²) in [6.45, 7) is 0. The van der Waals surface area contributed by atoms with Gasteiger partial charge in [0.25, 0.3) is 0 Å². The SMILES string of the molecule is O=C(N/N=C/c1ccccn1)C(=O)Nc1ccccc1Br. The van der Waals surface area contributed by atoms with Crippen molar-refractivity contribution in [2.75, 3.05) is 5.32 Å². The van der Waals surface area contributed by atoms with Crippen LogP contribution in [0.1, 0.15) is 5.69 Å². The molecule has 0 aliphatic carbocycles. The highest BCUT2D eigenvalue weighted by atomic mass is 79.9. The first-order valence-corrected chi connectivity index (χ1v) is 6.76. The van der Waals surface area contributed by atoms with Crippen molar-refractivity contribution in [3.8, 4) is 0 Å². The predicted molar refractivity (Wildman–Crippen MR) is 82.7 cm³/mol. The summed E-state index contributed by atoms with van der Waals surface area (Å²) >= 11 is 3.27. The highest BCUT2D eigenvalue weighted by molar-refractivity contribution is 9.10. The predicted octanol–water partition coefficient (Wildman–Crippen LogP) is 1.93. The molecule has 2 rings (SSSR count). The molecule has 1 heterocycles. The first-order chi connectivity index (χ1) is 10.2. The van der Waals surface area contributed by atoms with E-state index in [1.54, 1.807) is 48.7 Å². The molecule has 7 heteroatoms. The Morgan fingerprint density at radius 1 is 1.10 bits per heavy atom. The Morgan fingerprint density at radius 2 is 1.86 bits per heavy atom. The topological polar surface area (TPSA) is 83.5 Å². The van der Waals surface area contributed by atoms with Crippen molar-refractivity contribution >= 4 is 39.6 Å². The number of anilines is 1. The first kappa shape index (κ1) is 14.9. The maximum atomic E-state index is 11.7. The maximum absolute atomic E-state index is 11.7. The summed E-state index contributed by atoms with van der Waals surface area (Å²) in [7, 11) is 0. The van der Waals surface area contributed by atoms with Crippen LogP contribution in [0.5, 0.6) is 0 Å². The van der Waals surface area contributed by atoms with Gasteiger partial charge in [0.15, 0.2) is 0 Å². The Kier molecular flexibility index (Phi) is 5.16. The minimum absolute atomic E-state index is 0.506. The maximum Gasteiger partial charge on any atom is 0.329 e. The van der Waals surface area contributed by atoms with Gasteiger partial charge in [0.05, 0.1) is 17.6 Å². The third-order valence-electron chi connectivity index (χ3n) is 2.38. The number of amides is 2. The molecule has 0 saturated heterocycles. The Balaban J connectivity index is 1.90. The quantitative estimate of drug-likeness (QED) is 0.506. The lowest BCUT2D eigenvalue weighted by molar-refractivity contribution is -0.136. The number of hydrogen-bond acceptors (Lipinski definition) is 4. The number of nitrogens with zero attached hydrogens (tertiary/aromatic N) is 2. The van der Waals surface area contributed by atoms with Crippen molar-refractivity contribution in [1.82, 2.24) is 10.4 Å². The second-order valence-corrected chi connectivity index (χ2v) is 4.74. The van der Waals surface area contributed by atoms with Crippen molar-refractivity contribution in [2.45, 2.75) is 0 Å². The van der Waals surface area contributed by atoms with E-state index in [2.05, 4.69) is 36.8 Å². The lowest BCUT2D eigenvalue weighted by atomic mass is 10.3. The van der Waals surface area contributed by atoms with Crippen LogP contribution in [0.2, 0.25) is 0 Å². The number of rotatable bonds is 3. The summed E-state index contributed by atoms with van der Waals surface area (Å²) < 4.78 is 0.683. The molecule has 21 heavy (non-hydrogen) atoms. The van der Waals surface area contributed by atoms with Crippen LogP contribution in [-0.4, -0.2) is 23.0 Å². The summed E-state index contributed by atoms with van der Waals surface area (Å²) in [5.41, 5.74) is 3.21. The smallest absolute Gasteiger partial charge is 0.317 e. The number of para-hydroxylation sites is 1. The molecule has 0 spiro atoms. The molecular formula is C14H11BrN4O2.